The summed E-state index contributed by atoms with van der Waals surface area (Å²) >= 11 is 0. The maximum absolute atomic E-state index is 5.61. The Morgan fingerprint density at radius 1 is 1.44 bits per heavy atom. The number of nitrogens with one attached hydrogen (secondary N) is 1. The summed E-state index contributed by atoms with van der Waals surface area (Å²) in [7, 11) is 0. The molecule has 2 aromatic rings. The number of H-pyrrole nitrogens is 1. The van der Waals surface area contributed by atoms with Gasteiger partial charge in [-0.25, -0.2) is 4.98 Å². The first kappa shape index (κ1) is 10.3. The molecule has 0 aromatic carbocycles. The van der Waals surface area contributed by atoms with Crippen LogP contribution >= 0.6 is 0 Å². The number of anilines is 1. The minimum Gasteiger partial charge on any atom is -0.377 e. The maximum Gasteiger partial charge on any atom is 0.129 e. The van der Waals surface area contributed by atoms with Gasteiger partial charge in [-0.05, 0) is 25.8 Å². The number of fused-ring (bicyclic) bond motifs is 1. The minimum absolute atomic E-state index is 0.233. The monoisotopic (exact) mass is 244 g/mol. The summed E-state index contributed by atoms with van der Waals surface area (Å²) in [6.07, 6.45) is 4.30. The van der Waals surface area contributed by atoms with Crippen molar-refractivity contribution in [3.8, 4) is 0 Å². The molecule has 1 saturated heterocycles. The van der Waals surface area contributed by atoms with E-state index in [4.69, 9.17) is 4.74 Å². The highest BCUT2D eigenvalue weighted by Crippen LogP contribution is 2.45. The van der Waals surface area contributed by atoms with Crippen LogP contribution < -0.4 is 4.90 Å². The molecule has 1 aliphatic heterocycles. The highest BCUT2D eigenvalue weighted by atomic mass is 16.5. The van der Waals surface area contributed by atoms with Crippen molar-refractivity contribution < 1.29 is 4.74 Å². The Morgan fingerprint density at radius 3 is 3.17 bits per heavy atom. The molecule has 5 nitrogen and oxygen atoms in total. The lowest BCUT2D eigenvalue weighted by Crippen LogP contribution is -2.48. The molecule has 1 aliphatic carbocycles. The van der Waals surface area contributed by atoms with E-state index >= 15 is 0 Å². The molecule has 1 saturated carbocycles. The van der Waals surface area contributed by atoms with Crippen LogP contribution in [0.15, 0.2) is 12.3 Å². The summed E-state index contributed by atoms with van der Waals surface area (Å²) in [6.45, 7) is 4.63. The fourth-order valence-corrected chi connectivity index (χ4v) is 2.83. The second kappa shape index (κ2) is 3.45. The van der Waals surface area contributed by atoms with Gasteiger partial charge >= 0.3 is 0 Å². The molecule has 5 heteroatoms. The largest absolute Gasteiger partial charge is 0.377 e. The highest BCUT2D eigenvalue weighted by molar-refractivity contribution is 5.83. The van der Waals surface area contributed by atoms with Gasteiger partial charge in [0.25, 0.3) is 0 Å². The molecule has 0 atom stereocenters. The van der Waals surface area contributed by atoms with Crippen molar-refractivity contribution in [3.05, 3.63) is 18.0 Å². The lowest BCUT2D eigenvalue weighted by atomic mass is 10.2. The number of hydrogen-bond acceptors (Lipinski definition) is 4. The first-order valence-electron chi connectivity index (χ1n) is 6.45. The van der Waals surface area contributed by atoms with Crippen LogP contribution in [-0.2, 0) is 4.74 Å². The van der Waals surface area contributed by atoms with Gasteiger partial charge in [-0.3, -0.25) is 5.10 Å². The fourth-order valence-electron chi connectivity index (χ4n) is 2.83. The van der Waals surface area contributed by atoms with Crippen molar-refractivity contribution in [2.45, 2.75) is 25.3 Å². The van der Waals surface area contributed by atoms with Gasteiger partial charge in [-0.1, -0.05) is 0 Å². The first-order valence-corrected chi connectivity index (χ1v) is 6.45. The Morgan fingerprint density at radius 2 is 2.33 bits per heavy atom. The Kier molecular flexibility index (Phi) is 1.97. The summed E-state index contributed by atoms with van der Waals surface area (Å²) in [5, 5.41) is 8.40. The smallest absolute Gasteiger partial charge is 0.129 e. The standard InChI is InChI=1S/C13H16N4O/c1-9-10-6-12(14-7-11(10)16-15-9)17-4-5-18-8-13(17)2-3-13/h6-7H,2-5,8H2,1H3,(H,15,16). The molecule has 3 heterocycles. The van der Waals surface area contributed by atoms with Crippen molar-refractivity contribution >= 4 is 16.7 Å². The second-order valence-corrected chi connectivity index (χ2v) is 5.34. The van der Waals surface area contributed by atoms with Crippen molar-refractivity contribution in [1.82, 2.24) is 15.2 Å². The third-order valence-electron chi connectivity index (χ3n) is 4.12. The van der Waals surface area contributed by atoms with E-state index in [9.17, 15) is 0 Å². The summed E-state index contributed by atoms with van der Waals surface area (Å²) < 4.78 is 5.61. The average molecular weight is 244 g/mol. The zero-order chi connectivity index (χ0) is 12.2. The average Bonchev–Trinajstić information content (AvgIpc) is 3.07. The van der Waals surface area contributed by atoms with Crippen LogP contribution in [0.2, 0.25) is 0 Å². The molecule has 94 valence electrons. The third kappa shape index (κ3) is 1.37. The number of aromatic nitrogens is 3. The van der Waals surface area contributed by atoms with E-state index in [-0.39, 0.29) is 5.54 Å². The lowest BCUT2D eigenvalue weighted by Gasteiger charge is -2.37. The first-order chi connectivity index (χ1) is 8.78. The number of pyridine rings is 1. The van der Waals surface area contributed by atoms with Gasteiger partial charge < -0.3 is 9.64 Å². The van der Waals surface area contributed by atoms with E-state index < -0.39 is 0 Å². The molecule has 2 aliphatic rings. The van der Waals surface area contributed by atoms with Crippen LogP contribution in [-0.4, -0.2) is 40.5 Å². The predicted octanol–water partition coefficient (Wildman–Crippen LogP) is 1.64. The molecule has 4 rings (SSSR count). The number of morpholine rings is 1. The molecular weight excluding hydrogens is 228 g/mol. The quantitative estimate of drug-likeness (QED) is 0.828. The molecule has 2 aromatic heterocycles. The van der Waals surface area contributed by atoms with E-state index in [0.717, 1.165) is 36.8 Å². The van der Waals surface area contributed by atoms with Crippen LogP contribution in [0.3, 0.4) is 0 Å². The molecule has 0 amide bonds. The van der Waals surface area contributed by atoms with Crippen LogP contribution in [0, 0.1) is 6.92 Å². The zero-order valence-electron chi connectivity index (χ0n) is 10.4. The Labute approximate surface area is 105 Å². The van der Waals surface area contributed by atoms with E-state index in [1.165, 1.54) is 18.2 Å². The Balaban J connectivity index is 1.79. The topological polar surface area (TPSA) is 54.0 Å². The van der Waals surface area contributed by atoms with Gasteiger partial charge in [0.05, 0.1) is 24.9 Å². The molecule has 1 N–H and O–H groups in total. The third-order valence-corrected chi connectivity index (χ3v) is 4.12. The molecule has 2 fully saturated rings. The van der Waals surface area contributed by atoms with Gasteiger partial charge in [-0.15, -0.1) is 0 Å². The van der Waals surface area contributed by atoms with Gasteiger partial charge in [0.1, 0.15) is 11.3 Å². The van der Waals surface area contributed by atoms with Gasteiger partial charge in [-0.2, -0.15) is 5.10 Å². The number of aromatic amines is 1. The maximum atomic E-state index is 5.61. The zero-order valence-corrected chi connectivity index (χ0v) is 10.4. The summed E-state index contributed by atoms with van der Waals surface area (Å²) in [6, 6.07) is 2.15. The molecule has 0 unspecified atom stereocenters. The van der Waals surface area contributed by atoms with E-state index in [1.807, 2.05) is 13.1 Å². The normalized spacial score (nSPS) is 21.7. The number of hydrogen-bond donors (Lipinski definition) is 1. The van der Waals surface area contributed by atoms with Crippen molar-refractivity contribution in [2.24, 2.45) is 0 Å². The molecule has 1 spiro atoms. The van der Waals surface area contributed by atoms with Crippen LogP contribution in [0.4, 0.5) is 5.82 Å². The van der Waals surface area contributed by atoms with E-state index in [1.54, 1.807) is 0 Å². The number of rotatable bonds is 1. The number of nitrogens with zero attached hydrogens (tertiary/aromatic N) is 3. The van der Waals surface area contributed by atoms with Crippen molar-refractivity contribution in [2.75, 3.05) is 24.7 Å². The van der Waals surface area contributed by atoms with Gasteiger partial charge in [0.2, 0.25) is 0 Å². The molecule has 0 bridgehead atoms. The molecule has 0 radical (unpaired) electrons. The van der Waals surface area contributed by atoms with Crippen LogP contribution in [0.5, 0.6) is 0 Å². The minimum atomic E-state index is 0.233. The van der Waals surface area contributed by atoms with E-state index in [2.05, 4.69) is 26.1 Å². The van der Waals surface area contributed by atoms with Crippen LogP contribution in [0.1, 0.15) is 18.5 Å². The number of aryl methyl sites for hydroxylation is 1. The molecular formula is C13H16N4O. The second-order valence-electron chi connectivity index (χ2n) is 5.34. The summed E-state index contributed by atoms with van der Waals surface area (Å²) in [4.78, 5) is 6.99. The fraction of sp³-hybridized carbons (Fsp3) is 0.538. The van der Waals surface area contributed by atoms with Crippen molar-refractivity contribution in [3.63, 3.8) is 0 Å². The van der Waals surface area contributed by atoms with Crippen molar-refractivity contribution in [1.29, 1.82) is 0 Å². The molecule has 18 heavy (non-hydrogen) atoms. The van der Waals surface area contributed by atoms with E-state index in [0.29, 0.717) is 0 Å². The lowest BCUT2D eigenvalue weighted by molar-refractivity contribution is 0.0860. The summed E-state index contributed by atoms with van der Waals surface area (Å²) in [5.74, 6) is 1.06. The predicted molar refractivity (Wildman–Crippen MR) is 68.8 cm³/mol. The Bertz CT molecular complexity index is 602. The summed E-state index contributed by atoms with van der Waals surface area (Å²) in [5.41, 5.74) is 2.28. The van der Waals surface area contributed by atoms with Gasteiger partial charge in [0, 0.05) is 17.6 Å². The SMILES string of the molecule is Cc1[nH]nc2cnc(N3CCOCC34CC4)cc12. The highest BCUT2D eigenvalue weighted by Gasteiger charge is 2.50. The number of ether oxygens (including phenoxy) is 1. The van der Waals surface area contributed by atoms with Crippen LogP contribution in [0.25, 0.3) is 10.9 Å². The Hall–Kier alpha value is -1.62. The van der Waals surface area contributed by atoms with Gasteiger partial charge in [0.15, 0.2) is 0 Å².